The number of nitrogens with one attached hydrogen (secondary N) is 3. The normalized spacial score (nSPS) is 15.4. The molecule has 0 aliphatic heterocycles. The van der Waals surface area contributed by atoms with Crippen molar-refractivity contribution >= 4 is 35.5 Å². The SMILES string of the molecule is CSCCC(NC(=O)C(N)C(C)O)C(=O)NC(C(=O)NCC(=O)O)C(C)C. The van der Waals surface area contributed by atoms with Gasteiger partial charge in [-0.1, -0.05) is 13.8 Å². The van der Waals surface area contributed by atoms with Crippen LogP contribution in [0.1, 0.15) is 27.2 Å². The molecule has 0 aliphatic carbocycles. The molecule has 0 spiro atoms. The lowest BCUT2D eigenvalue weighted by molar-refractivity contribution is -0.139. The first kappa shape index (κ1) is 25.1. The number of hydrogen-bond donors (Lipinski definition) is 6. The minimum Gasteiger partial charge on any atom is -0.480 e. The van der Waals surface area contributed by atoms with Crippen molar-refractivity contribution in [2.45, 2.75) is 51.4 Å². The zero-order valence-corrected chi connectivity index (χ0v) is 16.8. The van der Waals surface area contributed by atoms with Crippen LogP contribution in [0.4, 0.5) is 0 Å². The Labute approximate surface area is 163 Å². The first-order valence-corrected chi connectivity index (χ1v) is 9.93. The first-order chi connectivity index (χ1) is 12.5. The van der Waals surface area contributed by atoms with Crippen LogP contribution in [0, 0.1) is 5.92 Å². The van der Waals surface area contributed by atoms with Gasteiger partial charge in [-0.3, -0.25) is 19.2 Å². The van der Waals surface area contributed by atoms with E-state index in [1.165, 1.54) is 18.7 Å². The second-order valence-electron chi connectivity index (χ2n) is 6.45. The van der Waals surface area contributed by atoms with Gasteiger partial charge in [0.25, 0.3) is 0 Å². The minimum atomic E-state index is -1.20. The van der Waals surface area contributed by atoms with E-state index in [-0.39, 0.29) is 5.92 Å². The number of amides is 3. The third-order valence-corrected chi connectivity index (χ3v) is 4.37. The molecule has 10 nitrogen and oxygen atoms in total. The highest BCUT2D eigenvalue weighted by Crippen LogP contribution is 2.06. The second kappa shape index (κ2) is 12.5. The third-order valence-electron chi connectivity index (χ3n) is 3.73. The minimum absolute atomic E-state index is 0.298. The van der Waals surface area contributed by atoms with Crippen molar-refractivity contribution in [3.63, 3.8) is 0 Å². The number of carbonyl (C=O) groups excluding carboxylic acids is 3. The highest BCUT2D eigenvalue weighted by Gasteiger charge is 2.30. The fraction of sp³-hybridized carbons (Fsp3) is 0.750. The lowest BCUT2D eigenvalue weighted by Gasteiger charge is -2.26. The summed E-state index contributed by atoms with van der Waals surface area (Å²) in [5.41, 5.74) is 5.58. The molecule has 0 aromatic carbocycles. The molecular weight excluding hydrogens is 376 g/mol. The number of rotatable bonds is 12. The topological polar surface area (TPSA) is 171 Å². The molecule has 156 valence electrons. The smallest absolute Gasteiger partial charge is 0.322 e. The number of aliphatic carboxylic acids is 1. The molecule has 0 aromatic heterocycles. The van der Waals surface area contributed by atoms with Gasteiger partial charge in [-0.2, -0.15) is 11.8 Å². The summed E-state index contributed by atoms with van der Waals surface area (Å²) in [4.78, 5) is 47.4. The van der Waals surface area contributed by atoms with Crippen LogP contribution in [0.2, 0.25) is 0 Å². The van der Waals surface area contributed by atoms with Crippen LogP contribution in [-0.2, 0) is 19.2 Å². The molecule has 0 aliphatic rings. The third kappa shape index (κ3) is 9.59. The van der Waals surface area contributed by atoms with Crippen molar-refractivity contribution in [3.8, 4) is 0 Å². The molecule has 11 heteroatoms. The Morgan fingerprint density at radius 3 is 2.07 bits per heavy atom. The zero-order valence-electron chi connectivity index (χ0n) is 16.0. The van der Waals surface area contributed by atoms with E-state index in [2.05, 4.69) is 16.0 Å². The Morgan fingerprint density at radius 1 is 1.04 bits per heavy atom. The zero-order chi connectivity index (χ0) is 21.1. The van der Waals surface area contributed by atoms with Crippen molar-refractivity contribution in [2.24, 2.45) is 11.7 Å². The average molecular weight is 407 g/mol. The Kier molecular flexibility index (Phi) is 11.7. The molecule has 7 N–H and O–H groups in total. The summed E-state index contributed by atoms with van der Waals surface area (Å²) in [6.45, 7) is 4.20. The van der Waals surface area contributed by atoms with Crippen LogP contribution >= 0.6 is 11.8 Å². The van der Waals surface area contributed by atoms with E-state index in [1.807, 2.05) is 6.26 Å². The summed E-state index contributed by atoms with van der Waals surface area (Å²) in [6, 6.07) is -3.09. The Morgan fingerprint density at radius 2 is 1.63 bits per heavy atom. The second-order valence-corrected chi connectivity index (χ2v) is 7.44. The van der Waals surface area contributed by atoms with E-state index in [4.69, 9.17) is 10.8 Å². The number of carbonyl (C=O) groups is 4. The molecule has 0 rings (SSSR count). The maximum atomic E-state index is 12.6. The molecule has 3 amide bonds. The summed E-state index contributed by atoms with van der Waals surface area (Å²) in [5, 5.41) is 25.4. The molecule has 0 radical (unpaired) electrons. The van der Waals surface area contributed by atoms with Gasteiger partial charge >= 0.3 is 5.97 Å². The number of hydrogen-bond acceptors (Lipinski definition) is 7. The fourth-order valence-corrected chi connectivity index (χ4v) is 2.52. The highest BCUT2D eigenvalue weighted by molar-refractivity contribution is 7.98. The van der Waals surface area contributed by atoms with E-state index in [0.29, 0.717) is 12.2 Å². The molecule has 0 fully saturated rings. The maximum absolute atomic E-state index is 12.6. The van der Waals surface area contributed by atoms with Gasteiger partial charge in [-0.25, -0.2) is 0 Å². The molecular formula is C16H30N4O6S. The van der Waals surface area contributed by atoms with Crippen molar-refractivity contribution in [3.05, 3.63) is 0 Å². The predicted molar refractivity (Wildman–Crippen MR) is 102 cm³/mol. The Hall–Kier alpha value is -1.85. The lowest BCUT2D eigenvalue weighted by Crippen LogP contribution is -2.58. The van der Waals surface area contributed by atoms with Gasteiger partial charge in [0.1, 0.15) is 24.7 Å². The lowest BCUT2D eigenvalue weighted by atomic mass is 10.0. The van der Waals surface area contributed by atoms with Gasteiger partial charge in [0.15, 0.2) is 0 Å². The van der Waals surface area contributed by atoms with Crippen molar-refractivity contribution in [1.29, 1.82) is 0 Å². The number of carboxylic acids is 1. The van der Waals surface area contributed by atoms with E-state index in [9.17, 15) is 24.3 Å². The van der Waals surface area contributed by atoms with Gasteiger partial charge in [0.05, 0.1) is 6.10 Å². The van der Waals surface area contributed by atoms with Crippen LogP contribution in [0.3, 0.4) is 0 Å². The van der Waals surface area contributed by atoms with Gasteiger partial charge in [-0.15, -0.1) is 0 Å². The van der Waals surface area contributed by atoms with E-state index < -0.39 is 54.5 Å². The van der Waals surface area contributed by atoms with E-state index in [1.54, 1.807) is 13.8 Å². The quantitative estimate of drug-likeness (QED) is 0.222. The van der Waals surface area contributed by atoms with Crippen molar-refractivity contribution in [2.75, 3.05) is 18.6 Å². The summed E-state index contributed by atoms with van der Waals surface area (Å²) >= 11 is 1.48. The number of thioether (sulfide) groups is 1. The number of aliphatic hydroxyl groups excluding tert-OH is 1. The van der Waals surface area contributed by atoms with Gasteiger partial charge in [0, 0.05) is 0 Å². The summed E-state index contributed by atoms with van der Waals surface area (Å²) in [7, 11) is 0. The van der Waals surface area contributed by atoms with Crippen LogP contribution in [0.5, 0.6) is 0 Å². The molecule has 0 saturated carbocycles. The Balaban J connectivity index is 5.13. The van der Waals surface area contributed by atoms with Crippen molar-refractivity contribution < 1.29 is 29.4 Å². The van der Waals surface area contributed by atoms with Gasteiger partial charge < -0.3 is 31.9 Å². The largest absolute Gasteiger partial charge is 0.480 e. The number of carboxylic acid groups (broad SMARTS) is 1. The van der Waals surface area contributed by atoms with Crippen molar-refractivity contribution in [1.82, 2.24) is 16.0 Å². The maximum Gasteiger partial charge on any atom is 0.322 e. The van der Waals surface area contributed by atoms with Crippen LogP contribution in [0.15, 0.2) is 0 Å². The van der Waals surface area contributed by atoms with E-state index in [0.717, 1.165) is 0 Å². The number of aliphatic hydroxyl groups is 1. The molecule has 0 heterocycles. The van der Waals surface area contributed by atoms with Gasteiger partial charge in [-0.05, 0) is 31.3 Å². The van der Waals surface area contributed by atoms with Gasteiger partial charge in [0.2, 0.25) is 17.7 Å². The highest BCUT2D eigenvalue weighted by atomic mass is 32.2. The van der Waals surface area contributed by atoms with E-state index >= 15 is 0 Å². The molecule has 4 atom stereocenters. The molecule has 27 heavy (non-hydrogen) atoms. The standard InChI is InChI=1S/C16H30N4O6S/c1-8(2)13(16(26)18-7-11(22)23)20-14(24)10(5-6-27-4)19-15(25)12(17)9(3)21/h8-10,12-13,21H,5-7,17H2,1-4H3,(H,18,26)(H,19,25)(H,20,24)(H,22,23). The molecule has 4 unspecified atom stereocenters. The summed E-state index contributed by atoms with van der Waals surface area (Å²) in [5.74, 6) is -2.83. The average Bonchev–Trinajstić information content (AvgIpc) is 2.59. The monoisotopic (exact) mass is 406 g/mol. The Bertz CT molecular complexity index is 529. The fourth-order valence-electron chi connectivity index (χ4n) is 2.05. The van der Waals surface area contributed by atoms with Crippen LogP contribution < -0.4 is 21.7 Å². The van der Waals surface area contributed by atoms with Crippen LogP contribution in [-0.4, -0.2) is 76.7 Å². The summed E-state index contributed by atoms with van der Waals surface area (Å²) < 4.78 is 0. The summed E-state index contributed by atoms with van der Waals surface area (Å²) in [6.07, 6.45) is 1.06. The predicted octanol–water partition coefficient (Wildman–Crippen LogP) is -1.73. The molecule has 0 saturated heterocycles. The molecule has 0 bridgehead atoms. The first-order valence-electron chi connectivity index (χ1n) is 8.54. The van der Waals surface area contributed by atoms with Crippen LogP contribution in [0.25, 0.3) is 0 Å². The number of nitrogens with two attached hydrogens (primary N) is 1. The molecule has 0 aromatic rings.